The normalized spacial score (nSPS) is 29.5. The van der Waals surface area contributed by atoms with Crippen LogP contribution in [0.4, 0.5) is 0 Å². The summed E-state index contributed by atoms with van der Waals surface area (Å²) in [6.45, 7) is 9.41. The predicted molar refractivity (Wildman–Crippen MR) is 78.3 cm³/mol. The molecule has 0 radical (unpaired) electrons. The number of rotatable bonds is 6. The van der Waals surface area contributed by atoms with Crippen LogP contribution in [0.15, 0.2) is 5.16 Å². The molecule has 112 valence electrons. The van der Waals surface area contributed by atoms with E-state index in [1.54, 1.807) is 0 Å². The van der Waals surface area contributed by atoms with Gasteiger partial charge in [-0.1, -0.05) is 32.9 Å². The van der Waals surface area contributed by atoms with Crippen LogP contribution in [0, 0.1) is 17.3 Å². The number of hydrogen-bond acceptors (Lipinski definition) is 3. The fourth-order valence-electron chi connectivity index (χ4n) is 2.68. The van der Waals surface area contributed by atoms with E-state index in [1.807, 2.05) is 13.8 Å². The van der Waals surface area contributed by atoms with Gasteiger partial charge in [0.1, 0.15) is 5.84 Å². The van der Waals surface area contributed by atoms with Gasteiger partial charge in [0.15, 0.2) is 0 Å². The van der Waals surface area contributed by atoms with Gasteiger partial charge in [0, 0.05) is 12.0 Å². The first kappa shape index (κ1) is 16.3. The van der Waals surface area contributed by atoms with E-state index in [1.165, 1.54) is 19.3 Å². The fourth-order valence-corrected chi connectivity index (χ4v) is 2.68. The molecule has 0 aliphatic heterocycles. The van der Waals surface area contributed by atoms with Gasteiger partial charge in [0.05, 0.1) is 6.10 Å². The van der Waals surface area contributed by atoms with Crippen LogP contribution in [-0.2, 0) is 4.74 Å². The Morgan fingerprint density at radius 2 is 2.00 bits per heavy atom. The highest BCUT2D eigenvalue weighted by Gasteiger charge is 2.26. The highest BCUT2D eigenvalue weighted by atomic mass is 16.5. The molecule has 0 heterocycles. The number of hydrogen-bond donors (Lipinski definition) is 2. The van der Waals surface area contributed by atoms with E-state index >= 15 is 0 Å². The van der Waals surface area contributed by atoms with Crippen molar-refractivity contribution >= 4 is 5.84 Å². The summed E-state index contributed by atoms with van der Waals surface area (Å²) in [7, 11) is 0. The van der Waals surface area contributed by atoms with Crippen molar-refractivity contribution in [3.63, 3.8) is 0 Å². The van der Waals surface area contributed by atoms with Crippen molar-refractivity contribution in [1.29, 1.82) is 0 Å². The van der Waals surface area contributed by atoms with Crippen molar-refractivity contribution in [3.05, 3.63) is 0 Å². The third-order valence-corrected chi connectivity index (χ3v) is 4.65. The minimum absolute atomic E-state index is 0.257. The molecule has 1 saturated carbocycles. The van der Waals surface area contributed by atoms with E-state index in [-0.39, 0.29) is 5.41 Å². The van der Waals surface area contributed by atoms with Crippen LogP contribution < -0.4 is 5.73 Å². The Balaban J connectivity index is 2.21. The van der Waals surface area contributed by atoms with Gasteiger partial charge in [-0.3, -0.25) is 0 Å². The van der Waals surface area contributed by atoms with E-state index in [4.69, 9.17) is 15.7 Å². The van der Waals surface area contributed by atoms with Crippen molar-refractivity contribution in [3.8, 4) is 0 Å². The largest absolute Gasteiger partial charge is 0.409 e. The Morgan fingerprint density at radius 3 is 2.58 bits per heavy atom. The Hall–Kier alpha value is -0.770. The lowest BCUT2D eigenvalue weighted by molar-refractivity contribution is -0.000393. The topological polar surface area (TPSA) is 67.8 Å². The molecular weight excluding hydrogens is 240 g/mol. The quantitative estimate of drug-likeness (QED) is 0.255. The van der Waals surface area contributed by atoms with Crippen LogP contribution in [0.2, 0.25) is 0 Å². The first-order chi connectivity index (χ1) is 8.86. The Kier molecular flexibility index (Phi) is 6.11. The number of amidine groups is 1. The highest BCUT2D eigenvalue weighted by molar-refractivity contribution is 5.85. The molecule has 1 aliphatic carbocycles. The lowest BCUT2D eigenvalue weighted by Gasteiger charge is -2.32. The first-order valence-electron chi connectivity index (χ1n) is 7.46. The average Bonchev–Trinajstić information content (AvgIpc) is 2.37. The molecule has 0 spiro atoms. The van der Waals surface area contributed by atoms with Gasteiger partial charge in [-0.15, -0.1) is 0 Å². The van der Waals surface area contributed by atoms with E-state index < -0.39 is 0 Å². The molecule has 1 fully saturated rings. The minimum atomic E-state index is -0.257. The van der Waals surface area contributed by atoms with Gasteiger partial charge >= 0.3 is 0 Å². The first-order valence-corrected chi connectivity index (χ1v) is 7.46. The minimum Gasteiger partial charge on any atom is -0.409 e. The summed E-state index contributed by atoms with van der Waals surface area (Å²) < 4.78 is 5.97. The maximum absolute atomic E-state index is 8.72. The molecule has 4 nitrogen and oxygen atoms in total. The summed E-state index contributed by atoms with van der Waals surface area (Å²) in [6, 6.07) is 0. The van der Waals surface area contributed by atoms with Crippen molar-refractivity contribution in [2.24, 2.45) is 28.1 Å². The number of ether oxygens (including phenoxy) is 1. The van der Waals surface area contributed by atoms with Crippen LogP contribution in [0.1, 0.15) is 59.8 Å². The molecule has 0 aromatic rings. The maximum atomic E-state index is 8.72. The van der Waals surface area contributed by atoms with Gasteiger partial charge < -0.3 is 15.7 Å². The summed E-state index contributed by atoms with van der Waals surface area (Å²) in [4.78, 5) is 0. The van der Waals surface area contributed by atoms with Crippen LogP contribution in [0.5, 0.6) is 0 Å². The summed E-state index contributed by atoms with van der Waals surface area (Å²) in [5.41, 5.74) is 5.41. The molecule has 0 amide bonds. The lowest BCUT2D eigenvalue weighted by atomic mass is 9.80. The number of oxime groups is 1. The Bertz CT molecular complexity index is 303. The zero-order valence-electron chi connectivity index (χ0n) is 12.9. The molecular formula is C15H30N2O2. The van der Waals surface area contributed by atoms with Gasteiger partial charge in [0.25, 0.3) is 0 Å². The van der Waals surface area contributed by atoms with Crippen molar-refractivity contribution in [1.82, 2.24) is 0 Å². The second-order valence-electron chi connectivity index (χ2n) is 6.73. The molecule has 1 aliphatic rings. The van der Waals surface area contributed by atoms with Gasteiger partial charge in [-0.25, -0.2) is 0 Å². The molecule has 3 N–H and O–H groups in total. The molecule has 0 aromatic carbocycles. The van der Waals surface area contributed by atoms with Gasteiger partial charge in [0.2, 0.25) is 0 Å². The highest BCUT2D eigenvalue weighted by Crippen LogP contribution is 2.31. The fraction of sp³-hybridized carbons (Fsp3) is 0.933. The summed E-state index contributed by atoms with van der Waals surface area (Å²) in [6.07, 6.45) is 5.91. The van der Waals surface area contributed by atoms with Crippen molar-refractivity contribution < 1.29 is 9.94 Å². The SMILES string of the molecule is CC1CCC(OCCCC(C)(C)C(N)=NO)CC1C. The third-order valence-electron chi connectivity index (χ3n) is 4.65. The smallest absolute Gasteiger partial charge is 0.144 e. The monoisotopic (exact) mass is 270 g/mol. The summed E-state index contributed by atoms with van der Waals surface area (Å²) in [5.74, 6) is 1.90. The Morgan fingerprint density at radius 1 is 1.32 bits per heavy atom. The van der Waals surface area contributed by atoms with E-state index in [9.17, 15) is 0 Å². The summed E-state index contributed by atoms with van der Waals surface area (Å²) >= 11 is 0. The van der Waals surface area contributed by atoms with Crippen molar-refractivity contribution in [2.75, 3.05) is 6.61 Å². The van der Waals surface area contributed by atoms with Crippen LogP contribution in [0.25, 0.3) is 0 Å². The van der Waals surface area contributed by atoms with Gasteiger partial charge in [-0.2, -0.15) is 0 Å². The van der Waals surface area contributed by atoms with Crippen LogP contribution in [-0.4, -0.2) is 23.8 Å². The molecule has 0 aromatic heterocycles. The molecule has 4 heteroatoms. The Labute approximate surface area is 117 Å². The predicted octanol–water partition coefficient (Wildman–Crippen LogP) is 3.38. The molecule has 0 bridgehead atoms. The van der Waals surface area contributed by atoms with Crippen molar-refractivity contribution in [2.45, 2.75) is 65.9 Å². The van der Waals surface area contributed by atoms with E-state index in [2.05, 4.69) is 19.0 Å². The lowest BCUT2D eigenvalue weighted by Crippen LogP contribution is -2.32. The molecule has 0 saturated heterocycles. The standard InChI is InChI=1S/C15H30N2O2/c1-11-6-7-13(10-12(11)2)19-9-5-8-15(3,4)14(16)17-18/h11-13,18H,5-10H2,1-4H3,(H2,16,17). The zero-order valence-corrected chi connectivity index (χ0v) is 12.9. The summed E-state index contributed by atoms with van der Waals surface area (Å²) in [5, 5.41) is 11.8. The number of nitrogens with zero attached hydrogens (tertiary/aromatic N) is 1. The van der Waals surface area contributed by atoms with E-state index in [0.29, 0.717) is 11.9 Å². The molecule has 3 atom stereocenters. The zero-order chi connectivity index (χ0) is 14.5. The maximum Gasteiger partial charge on any atom is 0.144 e. The molecule has 3 unspecified atom stereocenters. The second kappa shape index (κ2) is 7.13. The van der Waals surface area contributed by atoms with Crippen LogP contribution >= 0.6 is 0 Å². The third kappa shape index (κ3) is 5.01. The number of nitrogens with two attached hydrogens (primary N) is 1. The van der Waals surface area contributed by atoms with Gasteiger partial charge in [-0.05, 0) is 43.9 Å². The van der Waals surface area contributed by atoms with Crippen LogP contribution in [0.3, 0.4) is 0 Å². The molecule has 19 heavy (non-hydrogen) atoms. The second-order valence-corrected chi connectivity index (χ2v) is 6.73. The van der Waals surface area contributed by atoms with E-state index in [0.717, 1.165) is 31.3 Å². The average molecular weight is 270 g/mol. The molecule has 1 rings (SSSR count).